The van der Waals surface area contributed by atoms with E-state index in [0.717, 1.165) is 12.8 Å². The molecule has 0 fully saturated rings. The highest BCUT2D eigenvalue weighted by Crippen LogP contribution is 2.15. The first-order valence-corrected chi connectivity index (χ1v) is 8.83. The largest absolute Gasteiger partial charge is 0.479 e. The van der Waals surface area contributed by atoms with Gasteiger partial charge in [0.25, 0.3) is 0 Å². The Morgan fingerprint density at radius 3 is 2.04 bits per heavy atom. The molecule has 0 radical (unpaired) electrons. The molecular formula is C17H30N2O4. The van der Waals surface area contributed by atoms with Crippen LogP contribution in [0.1, 0.15) is 71.1 Å². The number of aliphatic carboxylic acids is 2. The Hall–Kier alpha value is -1.59. The molecular weight excluding hydrogens is 296 g/mol. The number of rotatable bonds is 13. The number of hydrogen-bond donors (Lipinski definition) is 2. The van der Waals surface area contributed by atoms with Gasteiger partial charge in [0, 0.05) is 13.0 Å². The molecule has 0 saturated heterocycles. The van der Waals surface area contributed by atoms with Crippen LogP contribution in [0.2, 0.25) is 0 Å². The molecule has 0 aliphatic carbocycles. The number of hydrogen-bond acceptors (Lipinski definition) is 4. The average Bonchev–Trinajstić information content (AvgIpc) is 2.93. The van der Waals surface area contributed by atoms with Crippen molar-refractivity contribution < 1.29 is 19.8 Å². The monoisotopic (exact) mass is 326 g/mol. The minimum atomic E-state index is -1.50. The van der Waals surface area contributed by atoms with Crippen molar-refractivity contribution in [2.75, 3.05) is 13.1 Å². The van der Waals surface area contributed by atoms with Gasteiger partial charge >= 0.3 is 11.9 Å². The molecule has 0 saturated carbocycles. The third-order valence-corrected chi connectivity index (χ3v) is 4.25. The molecule has 23 heavy (non-hydrogen) atoms. The van der Waals surface area contributed by atoms with Crippen molar-refractivity contribution in [1.29, 1.82) is 0 Å². The van der Waals surface area contributed by atoms with Gasteiger partial charge in [-0.2, -0.15) is 0 Å². The summed E-state index contributed by atoms with van der Waals surface area (Å²) in [4.78, 5) is 28.0. The van der Waals surface area contributed by atoms with Gasteiger partial charge in [0.1, 0.15) is 5.84 Å². The molecule has 1 aliphatic rings. The summed E-state index contributed by atoms with van der Waals surface area (Å²) in [6, 6.07) is -1.50. The van der Waals surface area contributed by atoms with Gasteiger partial charge in [-0.25, -0.2) is 9.59 Å². The van der Waals surface area contributed by atoms with E-state index in [0.29, 0.717) is 25.3 Å². The first-order valence-electron chi connectivity index (χ1n) is 8.83. The summed E-state index contributed by atoms with van der Waals surface area (Å²) in [6.45, 7) is 3.09. The van der Waals surface area contributed by atoms with Crippen LogP contribution in [0.5, 0.6) is 0 Å². The van der Waals surface area contributed by atoms with Gasteiger partial charge in [-0.3, -0.25) is 4.99 Å². The van der Waals surface area contributed by atoms with Crippen LogP contribution in [-0.4, -0.2) is 52.0 Å². The highest BCUT2D eigenvalue weighted by molar-refractivity contribution is 6.02. The van der Waals surface area contributed by atoms with Crippen LogP contribution in [0.3, 0.4) is 0 Å². The molecule has 0 aromatic carbocycles. The Balaban J connectivity index is 2.21. The number of nitrogens with zero attached hydrogens (tertiary/aromatic N) is 2. The molecule has 0 atom stereocenters. The first-order chi connectivity index (χ1) is 11.1. The predicted molar refractivity (Wildman–Crippen MR) is 89.9 cm³/mol. The number of amidine groups is 1. The molecule has 2 N–H and O–H groups in total. The minimum Gasteiger partial charge on any atom is -0.479 e. The maximum absolute atomic E-state index is 11.1. The molecule has 0 bridgehead atoms. The van der Waals surface area contributed by atoms with E-state index in [1.165, 1.54) is 49.8 Å². The number of carboxylic acid groups (broad SMARTS) is 2. The average molecular weight is 326 g/mol. The lowest BCUT2D eigenvalue weighted by Gasteiger charge is -2.24. The van der Waals surface area contributed by atoms with Gasteiger partial charge < -0.3 is 15.1 Å². The standard InChI is InChI=1S/C17H30N2O4/c1-2-3-4-5-6-7-8-9-10-11-14-18-12-13-19(14)15(16(20)21)17(22)23/h15H,2-13H2,1H3,(H,20,21)(H,22,23). The summed E-state index contributed by atoms with van der Waals surface area (Å²) in [5.74, 6) is -2.00. The van der Waals surface area contributed by atoms with E-state index >= 15 is 0 Å². The summed E-state index contributed by atoms with van der Waals surface area (Å²) in [7, 11) is 0. The summed E-state index contributed by atoms with van der Waals surface area (Å²) < 4.78 is 0. The van der Waals surface area contributed by atoms with Crippen LogP contribution in [0.4, 0.5) is 0 Å². The van der Waals surface area contributed by atoms with Crippen molar-refractivity contribution in [2.24, 2.45) is 4.99 Å². The Morgan fingerprint density at radius 2 is 1.52 bits per heavy atom. The van der Waals surface area contributed by atoms with E-state index in [1.807, 2.05) is 0 Å². The second-order valence-electron chi connectivity index (χ2n) is 6.15. The van der Waals surface area contributed by atoms with Crippen LogP contribution in [-0.2, 0) is 9.59 Å². The van der Waals surface area contributed by atoms with Gasteiger partial charge in [-0.1, -0.05) is 58.3 Å². The summed E-state index contributed by atoms with van der Waals surface area (Å²) in [5, 5.41) is 18.1. The molecule has 0 aromatic rings. The van der Waals surface area contributed by atoms with Crippen LogP contribution in [0.15, 0.2) is 4.99 Å². The fraction of sp³-hybridized carbons (Fsp3) is 0.824. The molecule has 0 spiro atoms. The van der Waals surface area contributed by atoms with Crippen molar-refractivity contribution in [2.45, 2.75) is 77.2 Å². The van der Waals surface area contributed by atoms with E-state index in [-0.39, 0.29) is 0 Å². The van der Waals surface area contributed by atoms with Crippen LogP contribution < -0.4 is 0 Å². The number of unbranched alkanes of at least 4 members (excludes halogenated alkanes) is 8. The van der Waals surface area contributed by atoms with E-state index in [1.54, 1.807) is 0 Å². The zero-order chi connectivity index (χ0) is 17.1. The van der Waals surface area contributed by atoms with E-state index in [4.69, 9.17) is 10.2 Å². The molecule has 6 heteroatoms. The molecule has 1 aliphatic heterocycles. The smallest absolute Gasteiger partial charge is 0.338 e. The quantitative estimate of drug-likeness (QED) is 0.401. The van der Waals surface area contributed by atoms with Gasteiger partial charge in [-0.15, -0.1) is 0 Å². The zero-order valence-electron chi connectivity index (χ0n) is 14.2. The lowest BCUT2D eigenvalue weighted by Crippen LogP contribution is -2.48. The van der Waals surface area contributed by atoms with Crippen LogP contribution in [0.25, 0.3) is 0 Å². The molecule has 0 amide bonds. The third-order valence-electron chi connectivity index (χ3n) is 4.25. The molecule has 1 heterocycles. The second-order valence-corrected chi connectivity index (χ2v) is 6.15. The highest BCUT2D eigenvalue weighted by atomic mass is 16.4. The maximum atomic E-state index is 11.1. The second kappa shape index (κ2) is 11.0. The topological polar surface area (TPSA) is 90.2 Å². The minimum absolute atomic E-state index is 0.385. The SMILES string of the molecule is CCCCCCCCCCCC1=NCCN1C(C(=O)O)C(=O)O. The molecule has 1 rings (SSSR count). The maximum Gasteiger partial charge on any atom is 0.338 e. The van der Waals surface area contributed by atoms with Crippen molar-refractivity contribution >= 4 is 17.8 Å². The van der Waals surface area contributed by atoms with E-state index in [9.17, 15) is 9.59 Å². The lowest BCUT2D eigenvalue weighted by atomic mass is 10.1. The van der Waals surface area contributed by atoms with Gasteiger partial charge in [0.2, 0.25) is 6.04 Å². The Labute approximate surface area is 138 Å². The van der Waals surface area contributed by atoms with Gasteiger partial charge in [0.15, 0.2) is 0 Å². The van der Waals surface area contributed by atoms with Gasteiger partial charge in [-0.05, 0) is 6.42 Å². The summed E-state index contributed by atoms with van der Waals surface area (Å²) >= 11 is 0. The fourth-order valence-corrected chi connectivity index (χ4v) is 2.97. The normalized spacial score (nSPS) is 14.3. The van der Waals surface area contributed by atoms with Gasteiger partial charge in [0.05, 0.1) is 6.54 Å². The molecule has 132 valence electrons. The van der Waals surface area contributed by atoms with Crippen LogP contribution in [0, 0.1) is 0 Å². The van der Waals surface area contributed by atoms with Crippen molar-refractivity contribution in [3.05, 3.63) is 0 Å². The molecule has 0 unspecified atom stereocenters. The predicted octanol–water partition coefficient (Wildman–Crippen LogP) is 3.16. The number of aliphatic imine (C=N–C) groups is 1. The molecule has 6 nitrogen and oxygen atoms in total. The summed E-state index contributed by atoms with van der Waals surface area (Å²) in [5.41, 5.74) is 0. The first kappa shape index (κ1) is 19.5. The number of carboxylic acids is 2. The fourth-order valence-electron chi connectivity index (χ4n) is 2.97. The number of carbonyl (C=O) groups is 2. The van der Waals surface area contributed by atoms with Crippen molar-refractivity contribution in [3.63, 3.8) is 0 Å². The summed E-state index contributed by atoms with van der Waals surface area (Å²) in [6.07, 6.45) is 11.6. The Bertz CT molecular complexity index is 395. The highest BCUT2D eigenvalue weighted by Gasteiger charge is 2.36. The lowest BCUT2D eigenvalue weighted by molar-refractivity contribution is -0.154. The Morgan fingerprint density at radius 1 is 1.00 bits per heavy atom. The van der Waals surface area contributed by atoms with Crippen molar-refractivity contribution in [1.82, 2.24) is 4.90 Å². The third kappa shape index (κ3) is 7.01. The van der Waals surface area contributed by atoms with Crippen LogP contribution >= 0.6 is 0 Å². The van der Waals surface area contributed by atoms with E-state index in [2.05, 4.69) is 11.9 Å². The van der Waals surface area contributed by atoms with Crippen molar-refractivity contribution in [3.8, 4) is 0 Å². The zero-order valence-corrected chi connectivity index (χ0v) is 14.2. The van der Waals surface area contributed by atoms with E-state index < -0.39 is 18.0 Å². The Kier molecular flexibility index (Phi) is 9.33. The molecule has 0 aromatic heterocycles.